The van der Waals surface area contributed by atoms with E-state index in [1.54, 1.807) is 6.08 Å². The van der Waals surface area contributed by atoms with E-state index in [1.165, 1.54) is 16.8 Å². The van der Waals surface area contributed by atoms with Gasteiger partial charge in [-0.2, -0.15) is 10.0 Å². The van der Waals surface area contributed by atoms with E-state index in [-0.39, 0.29) is 11.4 Å². The first-order valence-corrected chi connectivity index (χ1v) is 11.6. The predicted molar refractivity (Wildman–Crippen MR) is 130 cm³/mol. The van der Waals surface area contributed by atoms with Crippen molar-refractivity contribution >= 4 is 51.5 Å². The second kappa shape index (κ2) is 9.38. The molecule has 5 rings (SSSR count). The van der Waals surface area contributed by atoms with Crippen molar-refractivity contribution in [3.63, 3.8) is 0 Å². The van der Waals surface area contributed by atoms with Crippen LogP contribution in [0.2, 0.25) is 5.02 Å². The molecule has 10 heteroatoms. The number of hydrogen-bond donors (Lipinski definition) is 1. The zero-order valence-corrected chi connectivity index (χ0v) is 19.1. The fraction of sp³-hybridized carbons (Fsp3) is 0.217. The summed E-state index contributed by atoms with van der Waals surface area (Å²) in [7, 11) is 0. The van der Waals surface area contributed by atoms with Gasteiger partial charge in [0.2, 0.25) is 5.17 Å². The number of ether oxygens (including phenoxy) is 2. The van der Waals surface area contributed by atoms with Crippen LogP contribution >= 0.6 is 23.4 Å². The van der Waals surface area contributed by atoms with Crippen molar-refractivity contribution in [2.24, 2.45) is 10.1 Å². The fourth-order valence-corrected chi connectivity index (χ4v) is 4.60. The van der Waals surface area contributed by atoms with E-state index < -0.39 is 5.91 Å². The smallest absolute Gasteiger partial charge is 0.283 e. The number of carbonyl (C=O) groups is 1. The SMILES string of the molecule is N=C1/C(=C/c2ccc(OCc3ccccc3Cl)cc2)C(=O)N=C2SC(N3CCOCC3)=NN12. The van der Waals surface area contributed by atoms with Crippen LogP contribution < -0.4 is 4.74 Å². The molecule has 0 atom stereocenters. The van der Waals surface area contributed by atoms with Gasteiger partial charge in [0.25, 0.3) is 5.91 Å². The summed E-state index contributed by atoms with van der Waals surface area (Å²) in [4.78, 5) is 18.9. The first kappa shape index (κ1) is 21.7. The Balaban J connectivity index is 1.29. The largest absolute Gasteiger partial charge is 0.489 e. The van der Waals surface area contributed by atoms with E-state index in [1.807, 2.05) is 48.5 Å². The minimum absolute atomic E-state index is 0.0137. The molecule has 8 nitrogen and oxygen atoms in total. The van der Waals surface area contributed by atoms with Crippen LogP contribution in [0.15, 0.2) is 64.2 Å². The molecule has 0 unspecified atom stereocenters. The minimum atomic E-state index is -0.448. The third kappa shape index (κ3) is 4.66. The lowest BCUT2D eigenvalue weighted by Gasteiger charge is -2.26. The van der Waals surface area contributed by atoms with Gasteiger partial charge in [-0.05, 0) is 41.6 Å². The molecular formula is C23H20ClN5O3S. The van der Waals surface area contributed by atoms with Crippen molar-refractivity contribution < 1.29 is 14.3 Å². The second-order valence-corrected chi connectivity index (χ2v) is 8.79. The molecule has 1 N–H and O–H groups in total. The van der Waals surface area contributed by atoms with Crippen LogP contribution in [0.4, 0.5) is 0 Å². The summed E-state index contributed by atoms with van der Waals surface area (Å²) in [6, 6.07) is 14.8. The molecular weight excluding hydrogens is 462 g/mol. The third-order valence-corrected chi connectivity index (χ3v) is 6.61. The number of nitrogens with zero attached hydrogens (tertiary/aromatic N) is 4. The van der Waals surface area contributed by atoms with Crippen LogP contribution in [0.3, 0.4) is 0 Å². The highest BCUT2D eigenvalue weighted by Gasteiger charge is 2.37. The molecule has 1 amide bonds. The van der Waals surface area contributed by atoms with Crippen LogP contribution in [0.5, 0.6) is 5.75 Å². The molecule has 33 heavy (non-hydrogen) atoms. The number of nitrogens with one attached hydrogen (secondary N) is 1. The first-order valence-electron chi connectivity index (χ1n) is 10.4. The average Bonchev–Trinajstić information content (AvgIpc) is 3.27. The zero-order valence-electron chi connectivity index (χ0n) is 17.5. The van der Waals surface area contributed by atoms with Gasteiger partial charge in [-0.3, -0.25) is 10.2 Å². The van der Waals surface area contributed by atoms with Crippen LogP contribution in [0.25, 0.3) is 6.08 Å². The molecule has 0 saturated carbocycles. The molecule has 168 valence electrons. The van der Waals surface area contributed by atoms with E-state index in [9.17, 15) is 4.79 Å². The number of fused-ring (bicyclic) bond motifs is 1. The van der Waals surface area contributed by atoms with Gasteiger partial charge < -0.3 is 14.4 Å². The molecule has 3 aliphatic heterocycles. The lowest BCUT2D eigenvalue weighted by Crippen LogP contribution is -2.39. The van der Waals surface area contributed by atoms with Gasteiger partial charge in [0.05, 0.1) is 18.8 Å². The summed E-state index contributed by atoms with van der Waals surface area (Å²) < 4.78 is 11.2. The lowest BCUT2D eigenvalue weighted by atomic mass is 10.1. The van der Waals surface area contributed by atoms with Crippen LogP contribution in [0.1, 0.15) is 11.1 Å². The van der Waals surface area contributed by atoms with Gasteiger partial charge in [0, 0.05) is 23.7 Å². The van der Waals surface area contributed by atoms with Gasteiger partial charge in [-0.25, -0.2) is 0 Å². The van der Waals surface area contributed by atoms with Crippen molar-refractivity contribution in [1.29, 1.82) is 5.41 Å². The summed E-state index contributed by atoms with van der Waals surface area (Å²) in [6.07, 6.45) is 1.65. The first-order chi connectivity index (χ1) is 16.1. The summed E-state index contributed by atoms with van der Waals surface area (Å²) in [5.41, 5.74) is 1.85. The predicted octanol–water partition coefficient (Wildman–Crippen LogP) is 3.83. The Kier molecular flexibility index (Phi) is 6.17. The fourth-order valence-electron chi connectivity index (χ4n) is 3.47. The molecule has 3 heterocycles. The number of benzene rings is 2. The molecule has 0 bridgehead atoms. The highest BCUT2D eigenvalue weighted by atomic mass is 35.5. The van der Waals surface area contributed by atoms with Crippen LogP contribution in [-0.2, 0) is 16.1 Å². The molecule has 1 saturated heterocycles. The minimum Gasteiger partial charge on any atom is -0.489 e. The summed E-state index contributed by atoms with van der Waals surface area (Å²) in [6.45, 7) is 3.07. The monoisotopic (exact) mass is 481 g/mol. The summed E-state index contributed by atoms with van der Waals surface area (Å²) in [5, 5.41) is 16.3. The van der Waals surface area contributed by atoms with E-state index in [0.717, 1.165) is 29.4 Å². The van der Waals surface area contributed by atoms with E-state index in [2.05, 4.69) is 15.0 Å². The van der Waals surface area contributed by atoms with Gasteiger partial charge in [-0.1, -0.05) is 41.9 Å². The second-order valence-electron chi connectivity index (χ2n) is 7.45. The molecule has 1 fully saturated rings. The van der Waals surface area contributed by atoms with Gasteiger partial charge in [0.1, 0.15) is 12.4 Å². The lowest BCUT2D eigenvalue weighted by molar-refractivity contribution is -0.114. The molecule has 0 aromatic heterocycles. The van der Waals surface area contributed by atoms with E-state index in [0.29, 0.717) is 35.8 Å². The maximum absolute atomic E-state index is 12.6. The Bertz CT molecular complexity index is 1190. The van der Waals surface area contributed by atoms with Crippen molar-refractivity contribution in [1.82, 2.24) is 9.91 Å². The summed E-state index contributed by atoms with van der Waals surface area (Å²) in [5.74, 6) is 0.245. The number of rotatable bonds is 4. The number of morpholine rings is 1. The van der Waals surface area contributed by atoms with E-state index in [4.69, 9.17) is 26.5 Å². The van der Waals surface area contributed by atoms with Crippen LogP contribution in [-0.4, -0.2) is 58.3 Å². The Labute approximate surface area is 200 Å². The van der Waals surface area contributed by atoms with Crippen molar-refractivity contribution in [3.8, 4) is 5.75 Å². The number of thioether (sulfide) groups is 1. The van der Waals surface area contributed by atoms with Crippen LogP contribution in [0, 0.1) is 5.41 Å². The van der Waals surface area contributed by atoms with Gasteiger partial charge in [-0.15, -0.1) is 5.10 Å². The van der Waals surface area contributed by atoms with Gasteiger partial charge >= 0.3 is 0 Å². The average molecular weight is 482 g/mol. The van der Waals surface area contributed by atoms with E-state index >= 15 is 0 Å². The Morgan fingerprint density at radius 3 is 2.64 bits per heavy atom. The number of amides is 1. The van der Waals surface area contributed by atoms with Gasteiger partial charge in [0.15, 0.2) is 11.0 Å². The normalized spacial score (nSPS) is 19.5. The molecule has 2 aromatic carbocycles. The molecule has 0 aliphatic carbocycles. The Morgan fingerprint density at radius 1 is 1.12 bits per heavy atom. The maximum atomic E-state index is 12.6. The molecule has 2 aromatic rings. The molecule has 0 radical (unpaired) electrons. The van der Waals surface area contributed by atoms with Crippen molar-refractivity contribution in [2.45, 2.75) is 6.61 Å². The third-order valence-electron chi connectivity index (χ3n) is 5.27. The Morgan fingerprint density at radius 2 is 1.88 bits per heavy atom. The summed E-state index contributed by atoms with van der Waals surface area (Å²) >= 11 is 7.47. The number of amidine groups is 3. The topological polar surface area (TPSA) is 90.6 Å². The number of halogens is 1. The number of hydrogen-bond acceptors (Lipinski definition) is 7. The molecule has 3 aliphatic rings. The highest BCUT2D eigenvalue weighted by molar-refractivity contribution is 8.26. The maximum Gasteiger partial charge on any atom is 0.283 e. The zero-order chi connectivity index (χ0) is 22.8. The highest BCUT2D eigenvalue weighted by Crippen LogP contribution is 2.30. The quantitative estimate of drug-likeness (QED) is 0.667. The number of carbonyl (C=O) groups excluding carboxylic acids is 1. The number of hydrazone groups is 1. The number of aliphatic imine (C=N–C) groups is 1. The van der Waals surface area contributed by atoms with Crippen molar-refractivity contribution in [2.75, 3.05) is 26.3 Å². The molecule has 0 spiro atoms. The Hall–Kier alpha value is -3.14. The van der Waals surface area contributed by atoms with Crippen molar-refractivity contribution in [3.05, 3.63) is 70.3 Å². The standard InChI is InChI=1S/C23H20ClN5O3S/c24-19-4-2-1-3-16(19)14-32-17-7-5-15(6-8-17)13-18-20(25)29-22(26-21(18)30)33-23(27-29)28-9-11-31-12-10-28/h1-8,13,25H,9-12,14H2/b18-13-,25-20?.